The van der Waals surface area contributed by atoms with E-state index in [0.717, 1.165) is 5.69 Å². The molecule has 15 heavy (non-hydrogen) atoms. The number of hydrogen-bond donors (Lipinski definition) is 2. The van der Waals surface area contributed by atoms with Gasteiger partial charge in [0, 0.05) is 19.2 Å². The molecule has 0 heterocycles. The van der Waals surface area contributed by atoms with E-state index in [1.165, 1.54) is 6.07 Å². The second-order valence-corrected chi connectivity index (χ2v) is 3.98. The zero-order valence-corrected chi connectivity index (χ0v) is 10.1. The van der Waals surface area contributed by atoms with Crippen molar-refractivity contribution < 1.29 is 9.50 Å². The Morgan fingerprint density at radius 2 is 2.20 bits per heavy atom. The summed E-state index contributed by atoms with van der Waals surface area (Å²) in [6.45, 7) is 3.19. The molecule has 0 spiro atoms. The Hall–Kier alpha value is -0.810. The van der Waals surface area contributed by atoms with Gasteiger partial charge in [0.2, 0.25) is 0 Å². The molecule has 1 aromatic rings. The predicted octanol–water partition coefficient (Wildman–Crippen LogP) is 1.99. The summed E-state index contributed by atoms with van der Waals surface area (Å²) in [5, 5.41) is 8.88. The SMILES string of the molecule is CCN(CCO)c1cc(Br)c(F)cc1N. The normalized spacial score (nSPS) is 10.4. The van der Waals surface area contributed by atoms with Crippen LogP contribution in [0.1, 0.15) is 6.92 Å². The first-order valence-electron chi connectivity index (χ1n) is 4.70. The lowest BCUT2D eigenvalue weighted by molar-refractivity contribution is 0.302. The van der Waals surface area contributed by atoms with Gasteiger partial charge in [0.15, 0.2) is 0 Å². The fourth-order valence-corrected chi connectivity index (χ4v) is 1.73. The van der Waals surface area contributed by atoms with Gasteiger partial charge in [-0.15, -0.1) is 0 Å². The van der Waals surface area contributed by atoms with Crippen molar-refractivity contribution in [1.29, 1.82) is 0 Å². The van der Waals surface area contributed by atoms with Crippen LogP contribution in [-0.4, -0.2) is 24.8 Å². The molecule has 0 saturated carbocycles. The molecule has 0 saturated heterocycles. The van der Waals surface area contributed by atoms with Crippen LogP contribution in [0, 0.1) is 5.82 Å². The first-order valence-corrected chi connectivity index (χ1v) is 5.49. The molecule has 0 bridgehead atoms. The highest BCUT2D eigenvalue weighted by Gasteiger charge is 2.11. The number of aliphatic hydroxyl groups excluding tert-OH is 1. The van der Waals surface area contributed by atoms with E-state index in [2.05, 4.69) is 15.9 Å². The van der Waals surface area contributed by atoms with E-state index in [1.54, 1.807) is 6.07 Å². The lowest BCUT2D eigenvalue weighted by Crippen LogP contribution is -2.27. The third kappa shape index (κ3) is 2.82. The molecule has 1 rings (SSSR count). The van der Waals surface area contributed by atoms with Gasteiger partial charge in [-0.1, -0.05) is 0 Å². The second kappa shape index (κ2) is 5.32. The number of rotatable bonds is 4. The summed E-state index contributed by atoms with van der Waals surface area (Å²) in [5.41, 5.74) is 6.83. The van der Waals surface area contributed by atoms with Gasteiger partial charge in [-0.25, -0.2) is 4.39 Å². The van der Waals surface area contributed by atoms with Gasteiger partial charge in [0.05, 0.1) is 22.5 Å². The zero-order valence-electron chi connectivity index (χ0n) is 8.50. The smallest absolute Gasteiger partial charge is 0.139 e. The first-order chi connectivity index (χ1) is 7.10. The Morgan fingerprint density at radius 1 is 1.53 bits per heavy atom. The van der Waals surface area contributed by atoms with Crippen molar-refractivity contribution in [2.24, 2.45) is 0 Å². The molecule has 3 nitrogen and oxygen atoms in total. The average Bonchev–Trinajstić information content (AvgIpc) is 2.20. The maximum absolute atomic E-state index is 13.1. The highest BCUT2D eigenvalue weighted by atomic mass is 79.9. The van der Waals surface area contributed by atoms with E-state index < -0.39 is 0 Å². The second-order valence-electron chi connectivity index (χ2n) is 3.13. The quantitative estimate of drug-likeness (QED) is 0.827. The standard InChI is InChI=1S/C10H14BrFN2O/c1-2-14(3-4-15)10-5-7(11)8(12)6-9(10)13/h5-6,15H,2-4,13H2,1H3. The third-order valence-electron chi connectivity index (χ3n) is 2.16. The molecule has 0 aromatic heterocycles. The molecule has 0 unspecified atom stereocenters. The fourth-order valence-electron chi connectivity index (χ4n) is 1.40. The van der Waals surface area contributed by atoms with Crippen LogP contribution in [0.4, 0.5) is 15.8 Å². The molecule has 0 amide bonds. The van der Waals surface area contributed by atoms with Gasteiger partial charge in [-0.2, -0.15) is 0 Å². The molecular formula is C10H14BrFN2O. The van der Waals surface area contributed by atoms with Crippen LogP contribution in [0.15, 0.2) is 16.6 Å². The van der Waals surface area contributed by atoms with Gasteiger partial charge in [0.1, 0.15) is 5.82 Å². The van der Waals surface area contributed by atoms with Crippen LogP contribution in [-0.2, 0) is 0 Å². The molecule has 84 valence electrons. The minimum Gasteiger partial charge on any atom is -0.397 e. The first kappa shape index (κ1) is 12.3. The van der Waals surface area contributed by atoms with Gasteiger partial charge in [-0.05, 0) is 28.9 Å². The maximum atomic E-state index is 13.1. The number of hydrogen-bond acceptors (Lipinski definition) is 3. The Balaban J connectivity index is 3.06. The minimum atomic E-state index is -0.378. The fraction of sp³-hybridized carbons (Fsp3) is 0.400. The zero-order chi connectivity index (χ0) is 11.4. The lowest BCUT2D eigenvalue weighted by atomic mass is 10.2. The molecule has 3 N–H and O–H groups in total. The summed E-state index contributed by atoms with van der Waals surface area (Å²) in [5.74, 6) is -0.378. The molecule has 0 atom stereocenters. The molecule has 1 aromatic carbocycles. The van der Waals surface area contributed by atoms with Crippen LogP contribution in [0.5, 0.6) is 0 Å². The Bertz CT molecular complexity index is 346. The van der Waals surface area contributed by atoms with Crippen molar-refractivity contribution >= 4 is 27.3 Å². The molecule has 5 heteroatoms. The van der Waals surface area contributed by atoms with Gasteiger partial charge in [-0.3, -0.25) is 0 Å². The van der Waals surface area contributed by atoms with Crippen molar-refractivity contribution in [3.63, 3.8) is 0 Å². The summed E-state index contributed by atoms with van der Waals surface area (Å²) in [6.07, 6.45) is 0. The Morgan fingerprint density at radius 3 is 2.73 bits per heavy atom. The maximum Gasteiger partial charge on any atom is 0.139 e. The van der Waals surface area contributed by atoms with Gasteiger partial charge >= 0.3 is 0 Å². The van der Waals surface area contributed by atoms with Crippen molar-refractivity contribution in [1.82, 2.24) is 0 Å². The molecule has 0 aliphatic rings. The van der Waals surface area contributed by atoms with E-state index in [-0.39, 0.29) is 12.4 Å². The number of nitrogens with two attached hydrogens (primary N) is 1. The van der Waals surface area contributed by atoms with Crippen molar-refractivity contribution in [3.8, 4) is 0 Å². The number of halogens is 2. The summed E-state index contributed by atoms with van der Waals surface area (Å²) >= 11 is 3.11. The van der Waals surface area contributed by atoms with E-state index in [0.29, 0.717) is 23.2 Å². The van der Waals surface area contributed by atoms with Gasteiger partial charge in [0.25, 0.3) is 0 Å². The summed E-state index contributed by atoms with van der Waals surface area (Å²) < 4.78 is 13.5. The van der Waals surface area contributed by atoms with E-state index in [1.807, 2.05) is 11.8 Å². The number of likely N-dealkylation sites (N-methyl/N-ethyl adjacent to an activating group) is 1. The summed E-state index contributed by atoms with van der Waals surface area (Å²) in [7, 11) is 0. The highest BCUT2D eigenvalue weighted by Crippen LogP contribution is 2.29. The lowest BCUT2D eigenvalue weighted by Gasteiger charge is -2.23. The van der Waals surface area contributed by atoms with Crippen molar-refractivity contribution in [3.05, 3.63) is 22.4 Å². The topological polar surface area (TPSA) is 49.5 Å². The van der Waals surface area contributed by atoms with Gasteiger partial charge < -0.3 is 15.7 Å². The molecular weight excluding hydrogens is 263 g/mol. The molecule has 0 aliphatic carbocycles. The molecule has 0 aliphatic heterocycles. The Kier molecular flexibility index (Phi) is 4.35. The number of anilines is 2. The number of aliphatic hydroxyl groups is 1. The number of nitrogen functional groups attached to an aromatic ring is 1. The largest absolute Gasteiger partial charge is 0.397 e. The van der Waals surface area contributed by atoms with Crippen LogP contribution in [0.25, 0.3) is 0 Å². The minimum absolute atomic E-state index is 0.0439. The highest BCUT2D eigenvalue weighted by molar-refractivity contribution is 9.10. The summed E-state index contributed by atoms with van der Waals surface area (Å²) in [6, 6.07) is 2.91. The van der Waals surface area contributed by atoms with E-state index >= 15 is 0 Å². The van der Waals surface area contributed by atoms with E-state index in [4.69, 9.17) is 10.8 Å². The molecule has 0 fully saturated rings. The number of nitrogens with zero attached hydrogens (tertiary/aromatic N) is 1. The average molecular weight is 277 g/mol. The van der Waals surface area contributed by atoms with Crippen LogP contribution in [0.2, 0.25) is 0 Å². The third-order valence-corrected chi connectivity index (χ3v) is 2.77. The summed E-state index contributed by atoms with van der Waals surface area (Å²) in [4.78, 5) is 1.89. The van der Waals surface area contributed by atoms with Crippen molar-refractivity contribution in [2.75, 3.05) is 30.3 Å². The van der Waals surface area contributed by atoms with Crippen LogP contribution >= 0.6 is 15.9 Å². The van der Waals surface area contributed by atoms with Crippen molar-refractivity contribution in [2.45, 2.75) is 6.92 Å². The monoisotopic (exact) mass is 276 g/mol. The Labute approximate surface area is 96.8 Å². The molecule has 0 radical (unpaired) electrons. The van der Waals surface area contributed by atoms with E-state index in [9.17, 15) is 4.39 Å². The predicted molar refractivity (Wildman–Crippen MR) is 63.5 cm³/mol. The van der Waals surface area contributed by atoms with Crippen LogP contribution < -0.4 is 10.6 Å². The van der Waals surface area contributed by atoms with Crippen LogP contribution in [0.3, 0.4) is 0 Å². The number of benzene rings is 1.